The maximum absolute atomic E-state index is 8.81. The number of phenolic OH excluding ortho intramolecular Hbond substituents is 1. The monoisotopic (exact) mass is 212 g/mol. The van der Waals surface area contributed by atoms with Gasteiger partial charge in [-0.2, -0.15) is 0 Å². The maximum Gasteiger partial charge on any atom is 0.115 e. The van der Waals surface area contributed by atoms with E-state index in [1.807, 2.05) is 19.1 Å². The van der Waals surface area contributed by atoms with Crippen molar-refractivity contribution < 1.29 is 37.8 Å². The summed E-state index contributed by atoms with van der Waals surface area (Å²) in [6.45, 7) is 1.94. The second kappa shape index (κ2) is 5.88. The molecule has 0 amide bonds. The molecule has 0 aromatic heterocycles. The first-order valence-electron chi connectivity index (χ1n) is 2.54. The number of aromatic hydroxyl groups is 1. The fourth-order valence-electron chi connectivity index (χ4n) is 0.628. The first-order chi connectivity index (χ1) is 3.79. The summed E-state index contributed by atoms with van der Waals surface area (Å²) in [7, 11) is 0. The van der Waals surface area contributed by atoms with Crippen molar-refractivity contribution in [1.82, 2.24) is 0 Å². The van der Waals surface area contributed by atoms with E-state index in [0.717, 1.165) is 5.56 Å². The van der Waals surface area contributed by atoms with Crippen LogP contribution < -0.4 is 0 Å². The second-order valence-corrected chi connectivity index (χ2v) is 1.84. The molecule has 10 heavy (non-hydrogen) atoms. The van der Waals surface area contributed by atoms with Gasteiger partial charge >= 0.3 is 0 Å². The molecular weight excluding hydrogens is 201 g/mol. The molecule has 0 heterocycles. The SMILES string of the molecule is Cc1cccc(O)c1.[CH3-].[Y]. The minimum Gasteiger partial charge on any atom is -0.508 e. The number of hydrogen-bond donors (Lipinski definition) is 1. The third-order valence-electron chi connectivity index (χ3n) is 1.00. The molecule has 2 heteroatoms. The summed E-state index contributed by atoms with van der Waals surface area (Å²) in [5.41, 5.74) is 1.09. The van der Waals surface area contributed by atoms with Gasteiger partial charge in [-0.1, -0.05) is 12.1 Å². The van der Waals surface area contributed by atoms with Gasteiger partial charge in [0.1, 0.15) is 5.75 Å². The summed E-state index contributed by atoms with van der Waals surface area (Å²) in [5, 5.41) is 8.81. The van der Waals surface area contributed by atoms with Crippen molar-refractivity contribution in [3.8, 4) is 5.75 Å². The maximum atomic E-state index is 8.81. The zero-order valence-corrected chi connectivity index (χ0v) is 9.17. The molecule has 0 bridgehead atoms. The number of benzene rings is 1. The molecule has 0 spiro atoms. The minimum atomic E-state index is 0. The number of hydrogen-bond acceptors (Lipinski definition) is 1. The Morgan fingerprint density at radius 3 is 2.20 bits per heavy atom. The Balaban J connectivity index is 0. The Hall–Kier alpha value is 0.124. The molecule has 1 aromatic carbocycles. The third kappa shape index (κ3) is 4.02. The van der Waals surface area contributed by atoms with Crippen LogP contribution in [0.15, 0.2) is 24.3 Å². The van der Waals surface area contributed by atoms with E-state index in [2.05, 4.69) is 0 Å². The Morgan fingerprint density at radius 1 is 1.30 bits per heavy atom. The van der Waals surface area contributed by atoms with Crippen molar-refractivity contribution in [3.63, 3.8) is 0 Å². The predicted octanol–water partition coefficient (Wildman–Crippen LogP) is 2.15. The molecule has 1 nitrogen and oxygen atoms in total. The van der Waals surface area contributed by atoms with Crippen LogP contribution in [0.25, 0.3) is 0 Å². The van der Waals surface area contributed by atoms with Gasteiger partial charge in [0.25, 0.3) is 0 Å². The first kappa shape index (κ1) is 12.8. The van der Waals surface area contributed by atoms with E-state index in [-0.39, 0.29) is 40.1 Å². The van der Waals surface area contributed by atoms with Crippen LogP contribution >= 0.6 is 0 Å². The summed E-state index contributed by atoms with van der Waals surface area (Å²) in [5.74, 6) is 0.338. The summed E-state index contributed by atoms with van der Waals surface area (Å²) in [6.07, 6.45) is 0. The Kier molecular flexibility index (Phi) is 7.50. The van der Waals surface area contributed by atoms with Crippen LogP contribution in [0, 0.1) is 14.4 Å². The zero-order valence-electron chi connectivity index (χ0n) is 6.33. The number of rotatable bonds is 0. The van der Waals surface area contributed by atoms with Gasteiger partial charge in [-0.15, -0.1) is 0 Å². The molecule has 0 atom stereocenters. The molecule has 0 unspecified atom stereocenters. The molecule has 1 N–H and O–H groups in total. The van der Waals surface area contributed by atoms with E-state index in [9.17, 15) is 0 Å². The van der Waals surface area contributed by atoms with Gasteiger partial charge in [-0.25, -0.2) is 0 Å². The van der Waals surface area contributed by atoms with Crippen molar-refractivity contribution in [2.24, 2.45) is 0 Å². The number of phenols is 1. The molecule has 0 aliphatic carbocycles. The molecule has 0 saturated carbocycles. The minimum absolute atomic E-state index is 0. The van der Waals surface area contributed by atoms with Crippen molar-refractivity contribution >= 4 is 0 Å². The van der Waals surface area contributed by atoms with E-state index in [0.29, 0.717) is 5.75 Å². The van der Waals surface area contributed by atoms with Crippen molar-refractivity contribution in [1.29, 1.82) is 0 Å². The van der Waals surface area contributed by atoms with Gasteiger partial charge < -0.3 is 12.5 Å². The van der Waals surface area contributed by atoms with Gasteiger partial charge in [-0.05, 0) is 24.6 Å². The molecule has 0 aliphatic heterocycles. The fraction of sp³-hybridized carbons (Fsp3) is 0.125. The van der Waals surface area contributed by atoms with E-state index in [4.69, 9.17) is 5.11 Å². The van der Waals surface area contributed by atoms with Crippen LogP contribution in [0.4, 0.5) is 0 Å². The summed E-state index contributed by atoms with van der Waals surface area (Å²) in [4.78, 5) is 0. The Labute approximate surface area is 87.3 Å². The fourth-order valence-corrected chi connectivity index (χ4v) is 0.628. The Bertz CT molecular complexity index is 169. The Morgan fingerprint density at radius 2 is 1.90 bits per heavy atom. The van der Waals surface area contributed by atoms with E-state index in [1.165, 1.54) is 0 Å². The largest absolute Gasteiger partial charge is 0.508 e. The van der Waals surface area contributed by atoms with E-state index < -0.39 is 0 Å². The summed E-state index contributed by atoms with van der Waals surface area (Å²) >= 11 is 0. The molecule has 0 saturated heterocycles. The second-order valence-electron chi connectivity index (χ2n) is 1.84. The molecule has 53 valence electrons. The van der Waals surface area contributed by atoms with Crippen LogP contribution in [0.5, 0.6) is 5.75 Å². The predicted molar refractivity (Wildman–Crippen MR) is 39.3 cm³/mol. The molecule has 1 rings (SSSR count). The third-order valence-corrected chi connectivity index (χ3v) is 1.00. The normalized spacial score (nSPS) is 7.30. The molecular formula is C8H11OY-. The quantitative estimate of drug-likeness (QED) is 0.653. The standard InChI is InChI=1S/C7H8O.CH3.Y/c1-6-3-2-4-7(8)5-6;;/h2-5,8H,1H3;1H3;/q;-1;. The molecule has 0 fully saturated rings. The average Bonchev–Trinajstić information content (AvgIpc) is 1.64. The average molecular weight is 212 g/mol. The summed E-state index contributed by atoms with van der Waals surface area (Å²) in [6, 6.07) is 7.15. The first-order valence-corrected chi connectivity index (χ1v) is 2.54. The molecule has 1 aromatic rings. The zero-order chi connectivity index (χ0) is 5.98. The van der Waals surface area contributed by atoms with Crippen molar-refractivity contribution in [2.45, 2.75) is 6.92 Å². The number of aryl methyl sites for hydroxylation is 1. The van der Waals surface area contributed by atoms with Crippen molar-refractivity contribution in [3.05, 3.63) is 37.3 Å². The topological polar surface area (TPSA) is 20.2 Å². The van der Waals surface area contributed by atoms with Crippen molar-refractivity contribution in [2.75, 3.05) is 0 Å². The van der Waals surface area contributed by atoms with Crippen LogP contribution in [0.2, 0.25) is 0 Å². The van der Waals surface area contributed by atoms with Gasteiger partial charge in [0.05, 0.1) is 0 Å². The van der Waals surface area contributed by atoms with Gasteiger partial charge in [0.15, 0.2) is 0 Å². The van der Waals surface area contributed by atoms with Crippen LogP contribution in [-0.4, -0.2) is 5.11 Å². The van der Waals surface area contributed by atoms with Crippen LogP contribution in [0.1, 0.15) is 5.56 Å². The van der Waals surface area contributed by atoms with Gasteiger partial charge in [-0.3, -0.25) is 0 Å². The smallest absolute Gasteiger partial charge is 0.115 e. The van der Waals surface area contributed by atoms with Crippen LogP contribution in [-0.2, 0) is 32.7 Å². The van der Waals surface area contributed by atoms with Gasteiger partial charge in [0.2, 0.25) is 0 Å². The van der Waals surface area contributed by atoms with Gasteiger partial charge in [0, 0.05) is 32.7 Å². The summed E-state index contributed by atoms with van der Waals surface area (Å²) < 4.78 is 0. The van der Waals surface area contributed by atoms with Crippen LogP contribution in [0.3, 0.4) is 0 Å². The molecule has 0 aliphatic rings. The van der Waals surface area contributed by atoms with E-state index in [1.54, 1.807) is 12.1 Å². The molecule has 1 radical (unpaired) electrons. The van der Waals surface area contributed by atoms with E-state index >= 15 is 0 Å².